The molecule has 0 bridgehead atoms. The van der Waals surface area contributed by atoms with E-state index < -0.39 is 71.7 Å². The van der Waals surface area contributed by atoms with E-state index in [0.717, 1.165) is 0 Å². The lowest BCUT2D eigenvalue weighted by atomic mass is 10.7. The normalized spacial score (nSPS) is 9.76. The van der Waals surface area contributed by atoms with Crippen LogP contribution < -0.4 is 0 Å². The van der Waals surface area contributed by atoms with Gasteiger partial charge < -0.3 is 0 Å². The Morgan fingerprint density at radius 3 is 0.608 bits per heavy atom. The van der Waals surface area contributed by atoms with Gasteiger partial charge in [-0.1, -0.05) is 69.3 Å². The van der Waals surface area contributed by atoms with Crippen LogP contribution in [0.3, 0.4) is 0 Å². The molecule has 32 heteroatoms. The van der Waals surface area contributed by atoms with E-state index in [1.54, 1.807) is 0 Å². The Morgan fingerprint density at radius 2 is 0.569 bits per heavy atom. The number of rotatable bonds is 5. The number of halogens is 26. The van der Waals surface area contributed by atoms with Gasteiger partial charge in [-0.25, -0.2) is 26.7 Å². The van der Waals surface area contributed by atoms with E-state index in [1.807, 2.05) is 0 Å². The van der Waals surface area contributed by atoms with Gasteiger partial charge in [0.15, 0.2) is 13.3 Å². The van der Waals surface area contributed by atoms with Crippen LogP contribution in [-0.4, -0.2) is 71.7 Å². The van der Waals surface area contributed by atoms with Crippen LogP contribution in [-0.2, 0) is 29.2 Å². The summed E-state index contributed by atoms with van der Waals surface area (Å²) < 4.78 is 276. The van der Waals surface area contributed by atoms with E-state index in [1.165, 1.54) is 9.88 Å². The van der Waals surface area contributed by atoms with Crippen LogP contribution in [0.2, 0.25) is 0 Å². The van der Waals surface area contributed by atoms with Crippen molar-refractivity contribution in [3.8, 4) is 0 Å². The predicted octanol–water partition coefficient (Wildman–Crippen LogP) is 14.6. The van der Waals surface area contributed by atoms with Crippen molar-refractivity contribution >= 4 is 0 Å². The van der Waals surface area contributed by atoms with Gasteiger partial charge in [-0.2, -0.15) is 31.8 Å². The van der Waals surface area contributed by atoms with Crippen LogP contribution in [0, 0.1) is 0 Å². The molecule has 0 aromatic heterocycles. The summed E-state index contributed by atoms with van der Waals surface area (Å²) in [7, 11) is 0. The molecular weight excluding hydrogens is 818 g/mol. The summed E-state index contributed by atoms with van der Waals surface area (Å²) in [5, 5.41) is 0. The van der Waals surface area contributed by atoms with E-state index in [2.05, 4.69) is 19.4 Å². The van der Waals surface area contributed by atoms with E-state index in [-0.39, 0.29) is 59.4 Å². The fourth-order valence-corrected chi connectivity index (χ4v) is 0.360. The monoisotopic (exact) mass is 860 g/mol. The quantitative estimate of drug-likeness (QED) is 0.257. The minimum Gasteiger partial charge on any atom is -0.282 e. The molecule has 0 amide bonds. The molecule has 0 fully saturated rings. The van der Waals surface area contributed by atoms with Gasteiger partial charge >= 0.3 is 37.7 Å². The zero-order valence-electron chi connectivity index (χ0n) is 18.8. The highest BCUT2D eigenvalue weighted by Crippen LogP contribution is 2.27. The van der Waals surface area contributed by atoms with Crippen LogP contribution in [0.15, 0.2) is 0 Å². The first-order valence-corrected chi connectivity index (χ1v) is 7.76. The van der Waals surface area contributed by atoms with Crippen LogP contribution >= 0.6 is 0 Å². The molecule has 0 aliphatic rings. The van der Waals surface area contributed by atoms with Gasteiger partial charge in [0, 0.05) is 0 Å². The van der Waals surface area contributed by atoms with Crippen molar-refractivity contribution in [1.82, 2.24) is 0 Å². The van der Waals surface area contributed by atoms with Crippen molar-refractivity contribution in [2.75, 3.05) is 33.9 Å². The maximum atomic E-state index is 11.3. The second-order valence-corrected chi connectivity index (χ2v) is 4.25. The molecule has 6 nitrogen and oxygen atoms in total. The van der Waals surface area contributed by atoms with Crippen molar-refractivity contribution in [3.63, 3.8) is 0 Å². The van der Waals surface area contributed by atoms with Gasteiger partial charge in [-0.05, 0) is 18.1 Å². The largest absolute Gasteiger partial charge is 0.553 e. The number of ether oxygens (including phenoxy) is 2. The first kappa shape index (κ1) is 97.6. The molecule has 0 saturated heterocycles. The zero-order chi connectivity index (χ0) is 36.8. The Hall–Kier alpha value is -2.06. The third-order valence-electron chi connectivity index (χ3n) is 1.08. The molecule has 0 aliphatic heterocycles. The minimum atomic E-state index is -5.50. The standard InChI is InChI=1S/2C3H2F6O.2CF4O.2CH2F2O.CH2F2.8CH4/c4-2(5,6)1-10-3(7,8)9;4-1-2(5,6)10-3(7,8)9;2*2-1(3,4)6-5;2*2-1-4-3;2-1-3;;;;;;;;/h2*1H2;;;2*1H2;1H2;8*1H4. The van der Waals surface area contributed by atoms with Crippen molar-refractivity contribution in [2.24, 2.45) is 0 Å². The Labute approximate surface area is 276 Å². The van der Waals surface area contributed by atoms with Crippen LogP contribution in [0.1, 0.15) is 59.4 Å². The fourth-order valence-electron chi connectivity index (χ4n) is 0.360. The average molecular weight is 860 g/mol. The molecule has 51 heavy (non-hydrogen) atoms. The van der Waals surface area contributed by atoms with E-state index in [9.17, 15) is 115 Å². The number of alkyl halides is 22. The topological polar surface area (TPSA) is 55.4 Å². The number of hydrogen-bond acceptors (Lipinski definition) is 6. The highest BCUT2D eigenvalue weighted by molar-refractivity contribution is 4.48. The third-order valence-corrected chi connectivity index (χ3v) is 1.08. The molecule has 0 rings (SSSR count). The Kier molecular flexibility index (Phi) is 100. The Bertz CT molecular complexity index is 505. The first-order chi connectivity index (χ1) is 18.8. The summed E-state index contributed by atoms with van der Waals surface area (Å²) in [4.78, 5) is 7.62. The summed E-state index contributed by atoms with van der Waals surface area (Å²) >= 11 is 0. The second-order valence-electron chi connectivity index (χ2n) is 4.25. The Balaban J connectivity index is -0.0000000230. The van der Waals surface area contributed by atoms with Crippen molar-refractivity contribution in [3.05, 3.63) is 0 Å². The van der Waals surface area contributed by atoms with E-state index >= 15 is 0 Å². The summed E-state index contributed by atoms with van der Waals surface area (Å²) in [6, 6.07) is 0. The van der Waals surface area contributed by atoms with Crippen molar-refractivity contribution < 1.29 is 144 Å². The molecule has 0 aromatic rings. The molecule has 336 valence electrons. The highest BCUT2D eigenvalue weighted by Gasteiger charge is 2.45. The maximum Gasteiger partial charge on any atom is 0.553 e. The average Bonchev–Trinajstić information content (AvgIpc) is 2.82. The molecule has 0 unspecified atom stereocenters. The minimum absolute atomic E-state index is 0. The second kappa shape index (κ2) is 52.3. The summed E-state index contributed by atoms with van der Waals surface area (Å²) in [5.74, 6) is 0. The maximum absolute atomic E-state index is 11.3. The molecule has 0 radical (unpaired) electrons. The lowest BCUT2D eigenvalue weighted by Crippen LogP contribution is -2.31. The van der Waals surface area contributed by atoms with Gasteiger partial charge in [0.2, 0.25) is 20.6 Å². The van der Waals surface area contributed by atoms with Gasteiger partial charge in [-0.3, -0.25) is 4.74 Å². The van der Waals surface area contributed by atoms with E-state index in [0.29, 0.717) is 0 Å². The molecule has 0 atom stereocenters. The molecule has 0 aliphatic carbocycles. The van der Waals surface area contributed by atoms with Crippen LogP contribution in [0.5, 0.6) is 0 Å². The van der Waals surface area contributed by atoms with E-state index in [4.69, 9.17) is 0 Å². The molecule has 0 spiro atoms. The van der Waals surface area contributed by atoms with Crippen LogP contribution in [0.25, 0.3) is 0 Å². The summed E-state index contributed by atoms with van der Waals surface area (Å²) in [6.07, 6.45) is -30.7. The summed E-state index contributed by atoms with van der Waals surface area (Å²) in [5.41, 5.74) is 0. The predicted molar refractivity (Wildman–Crippen MR) is 130 cm³/mol. The molecule has 0 N–H and O–H groups in total. The van der Waals surface area contributed by atoms with Gasteiger partial charge in [0.25, 0.3) is 0 Å². The fraction of sp³-hybridized carbons (Fsp3) is 1.00. The van der Waals surface area contributed by atoms with Crippen molar-refractivity contribution in [2.45, 2.75) is 97.1 Å². The number of hydrogen-bond donors (Lipinski definition) is 0. The lowest BCUT2D eigenvalue weighted by molar-refractivity contribution is -0.426. The Morgan fingerprint density at radius 1 is 0.373 bits per heavy atom. The molecule has 0 heterocycles. The third kappa shape index (κ3) is 210. The van der Waals surface area contributed by atoms with Gasteiger partial charge in [0.05, 0.1) is 0 Å². The van der Waals surface area contributed by atoms with Gasteiger partial charge in [0.1, 0.15) is 0 Å². The summed E-state index contributed by atoms with van der Waals surface area (Å²) in [6.45, 7) is -9.23. The lowest BCUT2D eigenvalue weighted by Gasteiger charge is -2.14. The first-order valence-electron chi connectivity index (χ1n) is 7.76. The van der Waals surface area contributed by atoms with Crippen LogP contribution in [0.4, 0.5) is 115 Å². The van der Waals surface area contributed by atoms with Gasteiger partial charge in [-0.15, -0.1) is 52.7 Å². The molecular formula is C19H42F26O6. The molecule has 0 saturated carbocycles. The SMILES string of the molecule is C.C.C.C.C.C.C.C.FC(F)(F)COC(F)(F)F.FCC(F)(F)OC(F)(F)F.FCF.FCOF.FCOF.FOC(F)(F)F.FOC(F)(F)F. The molecule has 0 aromatic carbocycles. The highest BCUT2D eigenvalue weighted by atomic mass is 19.5. The smallest absolute Gasteiger partial charge is 0.282 e. The van der Waals surface area contributed by atoms with Crippen molar-refractivity contribution in [1.29, 1.82) is 0 Å². The zero-order valence-corrected chi connectivity index (χ0v) is 18.8.